The molecule has 3 aliphatic rings. The van der Waals surface area contributed by atoms with Crippen LogP contribution in [-0.2, 0) is 4.79 Å². The van der Waals surface area contributed by atoms with Crippen molar-refractivity contribution >= 4 is 5.91 Å². The van der Waals surface area contributed by atoms with Gasteiger partial charge in [0, 0.05) is 29.8 Å². The SMILES string of the molecule is CCCN(CCC)C12CC(=O)NC(C(c3ccccc3)C1)C(c1ccccc1)C2. The minimum Gasteiger partial charge on any atom is -0.352 e. The fraction of sp³-hybridized carbons (Fsp3) is 0.500. The second-order valence-corrected chi connectivity index (χ2v) is 8.92. The number of carbonyl (C=O) groups is 1. The molecule has 2 unspecified atom stereocenters. The standard InChI is InChI=1S/C26H34N2O/c1-3-15-28(16-4-2)26-17-22(20-11-7-5-8-12-20)25(27-24(29)19-26)23(18-26)21-13-9-6-10-14-21/h5-14,22-23,25H,3-4,15-19H2,1-2H3,(H,27,29). The third kappa shape index (κ3) is 3.98. The molecule has 2 aliphatic heterocycles. The van der Waals surface area contributed by atoms with Crippen molar-refractivity contribution in [2.45, 2.75) is 69.4 Å². The molecule has 2 bridgehead atoms. The lowest BCUT2D eigenvalue weighted by molar-refractivity contribution is -0.123. The summed E-state index contributed by atoms with van der Waals surface area (Å²) in [6.07, 6.45) is 4.99. The monoisotopic (exact) mass is 390 g/mol. The molecule has 0 spiro atoms. The third-order valence-electron chi connectivity index (χ3n) is 7.00. The first-order chi connectivity index (χ1) is 14.2. The number of fused-ring (bicyclic) bond motifs is 4. The summed E-state index contributed by atoms with van der Waals surface area (Å²) in [6, 6.07) is 21.9. The van der Waals surface area contributed by atoms with Gasteiger partial charge in [-0.1, -0.05) is 74.5 Å². The van der Waals surface area contributed by atoms with Crippen LogP contribution in [0.1, 0.15) is 68.9 Å². The molecule has 2 aromatic carbocycles. The molecule has 3 heteroatoms. The summed E-state index contributed by atoms with van der Waals surface area (Å²) >= 11 is 0. The van der Waals surface area contributed by atoms with Crippen LogP contribution in [0.3, 0.4) is 0 Å². The lowest BCUT2D eigenvalue weighted by Gasteiger charge is -2.51. The maximum Gasteiger partial charge on any atom is 0.222 e. The Bertz CT molecular complexity index is 748. The zero-order chi connectivity index (χ0) is 20.3. The Morgan fingerprint density at radius 1 is 0.862 bits per heavy atom. The van der Waals surface area contributed by atoms with Crippen molar-refractivity contribution in [1.29, 1.82) is 0 Å². The molecule has 29 heavy (non-hydrogen) atoms. The van der Waals surface area contributed by atoms with Crippen molar-refractivity contribution in [3.05, 3.63) is 71.8 Å². The number of carbonyl (C=O) groups excluding carboxylic acids is 1. The Labute approximate surface area is 175 Å². The molecule has 2 aromatic rings. The maximum atomic E-state index is 13.1. The molecule has 0 aromatic heterocycles. The number of nitrogens with zero attached hydrogens (tertiary/aromatic N) is 1. The van der Waals surface area contributed by atoms with Gasteiger partial charge in [-0.25, -0.2) is 0 Å². The molecule has 2 atom stereocenters. The molecular formula is C26H34N2O. The van der Waals surface area contributed by atoms with Gasteiger partial charge < -0.3 is 5.32 Å². The Balaban J connectivity index is 1.82. The molecule has 1 amide bonds. The number of benzene rings is 2. The Kier molecular flexibility index (Phi) is 6.05. The molecule has 5 rings (SSSR count). The number of hydrogen-bond donors (Lipinski definition) is 1. The lowest BCUT2D eigenvalue weighted by atomic mass is 9.63. The van der Waals surface area contributed by atoms with Gasteiger partial charge in [0.05, 0.1) is 0 Å². The normalized spacial score (nSPS) is 28.9. The van der Waals surface area contributed by atoms with E-state index in [1.807, 2.05) is 0 Å². The Morgan fingerprint density at radius 3 is 1.79 bits per heavy atom. The van der Waals surface area contributed by atoms with Gasteiger partial charge >= 0.3 is 0 Å². The lowest BCUT2D eigenvalue weighted by Crippen LogP contribution is -2.55. The number of nitrogens with one attached hydrogen (secondary N) is 1. The van der Waals surface area contributed by atoms with Gasteiger partial charge in [-0.05, 0) is 49.9 Å². The van der Waals surface area contributed by atoms with Crippen LogP contribution in [0.5, 0.6) is 0 Å². The average Bonchev–Trinajstić information content (AvgIpc) is 3.00. The molecule has 2 saturated heterocycles. The van der Waals surface area contributed by atoms with E-state index in [4.69, 9.17) is 0 Å². The summed E-state index contributed by atoms with van der Waals surface area (Å²) in [5, 5.41) is 3.47. The smallest absolute Gasteiger partial charge is 0.222 e. The quantitative estimate of drug-likeness (QED) is 0.713. The van der Waals surface area contributed by atoms with E-state index < -0.39 is 0 Å². The van der Waals surface area contributed by atoms with Crippen molar-refractivity contribution in [2.75, 3.05) is 13.1 Å². The average molecular weight is 391 g/mol. The zero-order valence-electron chi connectivity index (χ0n) is 17.8. The van der Waals surface area contributed by atoms with E-state index in [-0.39, 0.29) is 17.5 Å². The first-order valence-corrected chi connectivity index (χ1v) is 11.3. The van der Waals surface area contributed by atoms with Crippen molar-refractivity contribution in [3.63, 3.8) is 0 Å². The maximum absolute atomic E-state index is 13.1. The minimum atomic E-state index is -0.0654. The van der Waals surface area contributed by atoms with Crippen LogP contribution in [0.25, 0.3) is 0 Å². The van der Waals surface area contributed by atoms with Crippen LogP contribution in [0.2, 0.25) is 0 Å². The van der Waals surface area contributed by atoms with Gasteiger partial charge in [0.25, 0.3) is 0 Å². The number of amides is 1. The molecule has 154 valence electrons. The summed E-state index contributed by atoms with van der Waals surface area (Å²) in [7, 11) is 0. The van der Waals surface area contributed by atoms with Crippen LogP contribution in [0, 0.1) is 0 Å². The van der Waals surface area contributed by atoms with Crippen LogP contribution < -0.4 is 5.32 Å². The van der Waals surface area contributed by atoms with Crippen molar-refractivity contribution in [2.24, 2.45) is 0 Å². The summed E-state index contributed by atoms with van der Waals surface area (Å²) in [5.74, 6) is 0.916. The summed E-state index contributed by atoms with van der Waals surface area (Å²) < 4.78 is 0. The highest BCUT2D eigenvalue weighted by atomic mass is 16.1. The van der Waals surface area contributed by atoms with Gasteiger partial charge in [0.1, 0.15) is 0 Å². The number of hydrogen-bond acceptors (Lipinski definition) is 2. The molecule has 1 aliphatic carbocycles. The topological polar surface area (TPSA) is 32.3 Å². The van der Waals surface area contributed by atoms with Crippen molar-refractivity contribution in [1.82, 2.24) is 10.2 Å². The molecule has 0 radical (unpaired) electrons. The van der Waals surface area contributed by atoms with Crippen molar-refractivity contribution < 1.29 is 4.79 Å². The predicted molar refractivity (Wildman–Crippen MR) is 119 cm³/mol. The first-order valence-electron chi connectivity index (χ1n) is 11.3. The largest absolute Gasteiger partial charge is 0.352 e. The Morgan fingerprint density at radius 2 is 1.34 bits per heavy atom. The van der Waals surface area contributed by atoms with E-state index in [9.17, 15) is 4.79 Å². The van der Waals surface area contributed by atoms with Gasteiger partial charge in [-0.2, -0.15) is 0 Å². The van der Waals surface area contributed by atoms with Gasteiger partial charge in [-0.15, -0.1) is 0 Å². The van der Waals surface area contributed by atoms with Crippen molar-refractivity contribution in [3.8, 4) is 0 Å². The first kappa shape index (κ1) is 20.2. The van der Waals surface area contributed by atoms with Gasteiger partial charge in [0.15, 0.2) is 0 Å². The molecule has 1 saturated carbocycles. The second kappa shape index (κ2) is 8.71. The van der Waals surface area contributed by atoms with E-state index in [0.29, 0.717) is 18.3 Å². The van der Waals surface area contributed by atoms with E-state index in [1.165, 1.54) is 11.1 Å². The van der Waals surface area contributed by atoms with Crippen LogP contribution in [0.15, 0.2) is 60.7 Å². The third-order valence-corrected chi connectivity index (χ3v) is 7.00. The van der Waals surface area contributed by atoms with Crippen LogP contribution in [-0.4, -0.2) is 35.5 Å². The molecule has 3 fully saturated rings. The highest BCUT2D eigenvalue weighted by Crippen LogP contribution is 2.51. The number of rotatable bonds is 7. The highest BCUT2D eigenvalue weighted by Gasteiger charge is 2.53. The zero-order valence-corrected chi connectivity index (χ0v) is 17.8. The summed E-state index contributed by atoms with van der Waals surface area (Å²) in [6.45, 7) is 6.64. The van der Waals surface area contributed by atoms with Crippen LogP contribution in [0.4, 0.5) is 0 Å². The summed E-state index contributed by atoms with van der Waals surface area (Å²) in [4.78, 5) is 15.7. The fourth-order valence-corrected chi connectivity index (χ4v) is 5.86. The van der Waals surface area contributed by atoms with Gasteiger partial charge in [-0.3, -0.25) is 9.69 Å². The van der Waals surface area contributed by atoms with E-state index in [1.54, 1.807) is 0 Å². The predicted octanol–water partition coefficient (Wildman–Crippen LogP) is 5.10. The minimum absolute atomic E-state index is 0.0654. The molecule has 3 nitrogen and oxygen atoms in total. The van der Waals surface area contributed by atoms with E-state index in [2.05, 4.69) is 84.7 Å². The Hall–Kier alpha value is -2.13. The van der Waals surface area contributed by atoms with E-state index >= 15 is 0 Å². The van der Waals surface area contributed by atoms with Crippen LogP contribution >= 0.6 is 0 Å². The molecular weight excluding hydrogens is 356 g/mol. The second-order valence-electron chi connectivity index (χ2n) is 8.92. The van der Waals surface area contributed by atoms with Gasteiger partial charge in [0.2, 0.25) is 5.91 Å². The molecule has 2 heterocycles. The van der Waals surface area contributed by atoms with E-state index in [0.717, 1.165) is 38.8 Å². The molecule has 1 N–H and O–H groups in total. The summed E-state index contributed by atoms with van der Waals surface area (Å²) in [5.41, 5.74) is 2.65. The fourth-order valence-electron chi connectivity index (χ4n) is 5.86. The highest BCUT2D eigenvalue weighted by molar-refractivity contribution is 5.79.